The minimum absolute atomic E-state index is 0.0244. The summed E-state index contributed by atoms with van der Waals surface area (Å²) in [6.45, 7) is 1.07. The molecule has 1 aliphatic heterocycles. The number of amides is 1. The summed E-state index contributed by atoms with van der Waals surface area (Å²) in [5.74, 6) is -1.04. The van der Waals surface area contributed by atoms with E-state index >= 15 is 0 Å². The summed E-state index contributed by atoms with van der Waals surface area (Å²) < 4.78 is 4.65. The zero-order chi connectivity index (χ0) is 13.8. The van der Waals surface area contributed by atoms with Gasteiger partial charge in [-0.15, -0.1) is 0 Å². The van der Waals surface area contributed by atoms with Gasteiger partial charge in [-0.05, 0) is 23.6 Å². The van der Waals surface area contributed by atoms with Crippen LogP contribution in [0.4, 0.5) is 4.79 Å². The zero-order valence-electron chi connectivity index (χ0n) is 10.5. The number of carbonyl (C=O) groups is 2. The first-order valence-electron chi connectivity index (χ1n) is 5.83. The van der Waals surface area contributed by atoms with Gasteiger partial charge in [-0.3, -0.25) is 0 Å². The van der Waals surface area contributed by atoms with Gasteiger partial charge in [0.15, 0.2) is 0 Å². The summed E-state index contributed by atoms with van der Waals surface area (Å²) in [5, 5.41) is 8.77. The van der Waals surface area contributed by atoms with E-state index in [9.17, 15) is 9.59 Å². The molecule has 100 valence electrons. The van der Waals surface area contributed by atoms with Crippen molar-refractivity contribution in [1.82, 2.24) is 9.88 Å². The second-order valence-corrected chi connectivity index (χ2v) is 4.13. The van der Waals surface area contributed by atoms with E-state index in [4.69, 9.17) is 5.11 Å². The number of hydrogen-bond acceptors (Lipinski definition) is 4. The average Bonchev–Trinajstić information content (AvgIpc) is 2.46. The van der Waals surface area contributed by atoms with Gasteiger partial charge >= 0.3 is 12.1 Å². The number of carboxylic acid groups (broad SMARTS) is 1. The van der Waals surface area contributed by atoms with Gasteiger partial charge in [-0.25, -0.2) is 14.6 Å². The Labute approximate surface area is 110 Å². The first kappa shape index (κ1) is 13.1. The largest absolute Gasteiger partial charge is 0.477 e. The highest BCUT2D eigenvalue weighted by molar-refractivity contribution is 5.85. The van der Waals surface area contributed by atoms with Crippen LogP contribution in [0, 0.1) is 0 Å². The molecule has 0 atom stereocenters. The van der Waals surface area contributed by atoms with E-state index in [1.165, 1.54) is 13.2 Å². The van der Waals surface area contributed by atoms with Gasteiger partial charge in [-0.1, -0.05) is 12.1 Å². The second-order valence-electron chi connectivity index (χ2n) is 4.13. The molecule has 0 saturated heterocycles. The molecule has 2 rings (SSSR count). The van der Waals surface area contributed by atoms with Crippen LogP contribution in [0.5, 0.6) is 0 Å². The number of hydrogen-bond donors (Lipinski definition) is 1. The van der Waals surface area contributed by atoms with E-state index in [2.05, 4.69) is 9.72 Å². The Morgan fingerprint density at radius 3 is 2.68 bits per heavy atom. The number of pyridine rings is 1. The number of ether oxygens (including phenoxy) is 1. The quantitative estimate of drug-likeness (QED) is 0.876. The van der Waals surface area contributed by atoms with Crippen molar-refractivity contribution in [2.75, 3.05) is 20.2 Å². The van der Waals surface area contributed by atoms with Gasteiger partial charge in [0.05, 0.1) is 7.11 Å². The minimum Gasteiger partial charge on any atom is -0.477 e. The lowest BCUT2D eigenvalue weighted by Gasteiger charge is -2.25. The molecular weight excluding hydrogens is 248 g/mol. The number of nitrogens with zero attached hydrogens (tertiary/aromatic N) is 2. The van der Waals surface area contributed by atoms with Crippen LogP contribution in [0.25, 0.3) is 5.57 Å². The minimum atomic E-state index is -1.04. The van der Waals surface area contributed by atoms with Crippen molar-refractivity contribution in [1.29, 1.82) is 0 Å². The summed E-state index contributed by atoms with van der Waals surface area (Å²) in [6.07, 6.45) is 3.83. The summed E-state index contributed by atoms with van der Waals surface area (Å²) in [5.41, 5.74) is 1.97. The highest BCUT2D eigenvalue weighted by Gasteiger charge is 2.18. The van der Waals surface area contributed by atoms with E-state index in [-0.39, 0.29) is 11.8 Å². The molecule has 0 saturated carbocycles. The van der Waals surface area contributed by atoms with E-state index in [1.807, 2.05) is 6.08 Å². The summed E-state index contributed by atoms with van der Waals surface area (Å²) >= 11 is 0. The Bertz CT molecular complexity index is 522. The number of carbonyl (C=O) groups excluding carboxylic acids is 1. The maximum Gasteiger partial charge on any atom is 0.409 e. The smallest absolute Gasteiger partial charge is 0.409 e. The fourth-order valence-electron chi connectivity index (χ4n) is 1.94. The van der Waals surface area contributed by atoms with Gasteiger partial charge in [0.1, 0.15) is 5.69 Å². The third-order valence-corrected chi connectivity index (χ3v) is 3.00. The monoisotopic (exact) mass is 262 g/mol. The standard InChI is InChI=1S/C13H14N2O4/c1-19-13(18)15-6-4-9(5-7-15)10-2-3-11(12(16)17)14-8-10/h2-4,8H,5-7H2,1H3,(H,16,17). The predicted octanol–water partition coefficient (Wildman–Crippen LogP) is 1.64. The van der Waals surface area contributed by atoms with Crippen LogP contribution in [0.3, 0.4) is 0 Å². The topological polar surface area (TPSA) is 79.7 Å². The molecule has 1 aromatic heterocycles. The van der Waals surface area contributed by atoms with Crippen LogP contribution in [0.15, 0.2) is 24.4 Å². The SMILES string of the molecule is COC(=O)N1CC=C(c2ccc(C(=O)O)nc2)CC1. The van der Waals surface area contributed by atoms with Crippen LogP contribution < -0.4 is 0 Å². The molecule has 0 bridgehead atoms. The average molecular weight is 262 g/mol. The second kappa shape index (κ2) is 5.51. The number of aromatic nitrogens is 1. The Kier molecular flexibility index (Phi) is 3.79. The Morgan fingerprint density at radius 1 is 1.42 bits per heavy atom. The molecular formula is C13H14N2O4. The van der Waals surface area contributed by atoms with E-state index in [1.54, 1.807) is 17.2 Å². The van der Waals surface area contributed by atoms with Crippen LogP contribution in [0.2, 0.25) is 0 Å². The lowest BCUT2D eigenvalue weighted by Crippen LogP contribution is -2.34. The molecule has 0 spiro atoms. The van der Waals surface area contributed by atoms with Crippen molar-refractivity contribution in [2.24, 2.45) is 0 Å². The molecule has 2 heterocycles. The zero-order valence-corrected chi connectivity index (χ0v) is 10.5. The number of aromatic carboxylic acids is 1. The van der Waals surface area contributed by atoms with Crippen molar-refractivity contribution in [3.63, 3.8) is 0 Å². The van der Waals surface area contributed by atoms with Crippen molar-refractivity contribution >= 4 is 17.6 Å². The molecule has 0 unspecified atom stereocenters. The van der Waals surface area contributed by atoms with Gasteiger partial charge in [0, 0.05) is 19.3 Å². The lowest BCUT2D eigenvalue weighted by molar-refractivity contribution is 0.0690. The van der Waals surface area contributed by atoms with Crippen LogP contribution in [-0.2, 0) is 4.74 Å². The van der Waals surface area contributed by atoms with Gasteiger partial charge < -0.3 is 14.7 Å². The molecule has 0 fully saturated rings. The molecule has 1 N–H and O–H groups in total. The maximum absolute atomic E-state index is 11.3. The third kappa shape index (κ3) is 2.90. The molecule has 0 aliphatic carbocycles. The van der Waals surface area contributed by atoms with Crippen molar-refractivity contribution < 1.29 is 19.4 Å². The Morgan fingerprint density at radius 2 is 2.21 bits per heavy atom. The first-order valence-corrected chi connectivity index (χ1v) is 5.83. The molecule has 6 heteroatoms. The van der Waals surface area contributed by atoms with Crippen LogP contribution in [0.1, 0.15) is 22.5 Å². The van der Waals surface area contributed by atoms with Crippen molar-refractivity contribution in [2.45, 2.75) is 6.42 Å². The summed E-state index contributed by atoms with van der Waals surface area (Å²) in [6, 6.07) is 3.21. The fraction of sp³-hybridized carbons (Fsp3) is 0.308. The predicted molar refractivity (Wildman–Crippen MR) is 67.8 cm³/mol. The third-order valence-electron chi connectivity index (χ3n) is 3.00. The van der Waals surface area contributed by atoms with E-state index in [0.717, 1.165) is 11.1 Å². The molecule has 6 nitrogen and oxygen atoms in total. The lowest BCUT2D eigenvalue weighted by atomic mass is 10.0. The van der Waals surface area contributed by atoms with E-state index in [0.29, 0.717) is 19.5 Å². The fourth-order valence-corrected chi connectivity index (χ4v) is 1.94. The Balaban J connectivity index is 2.09. The van der Waals surface area contributed by atoms with Crippen LogP contribution in [-0.4, -0.2) is 47.3 Å². The van der Waals surface area contributed by atoms with Crippen molar-refractivity contribution in [3.05, 3.63) is 35.7 Å². The molecule has 1 aliphatic rings. The molecule has 19 heavy (non-hydrogen) atoms. The summed E-state index contributed by atoms with van der Waals surface area (Å²) in [4.78, 5) is 27.5. The molecule has 1 aromatic rings. The van der Waals surface area contributed by atoms with Gasteiger partial charge in [-0.2, -0.15) is 0 Å². The van der Waals surface area contributed by atoms with Crippen LogP contribution >= 0.6 is 0 Å². The molecule has 1 amide bonds. The summed E-state index contributed by atoms with van der Waals surface area (Å²) in [7, 11) is 1.36. The van der Waals surface area contributed by atoms with Crippen molar-refractivity contribution in [3.8, 4) is 0 Å². The highest BCUT2D eigenvalue weighted by Crippen LogP contribution is 2.22. The first-order chi connectivity index (χ1) is 9.11. The van der Waals surface area contributed by atoms with E-state index < -0.39 is 5.97 Å². The number of carboxylic acids is 1. The Hall–Kier alpha value is -2.37. The normalized spacial score (nSPS) is 14.8. The molecule has 0 aromatic carbocycles. The van der Waals surface area contributed by atoms with Gasteiger partial charge in [0.2, 0.25) is 0 Å². The number of rotatable bonds is 2. The number of methoxy groups -OCH3 is 1. The highest BCUT2D eigenvalue weighted by atomic mass is 16.5. The van der Waals surface area contributed by atoms with Gasteiger partial charge in [0.25, 0.3) is 0 Å². The maximum atomic E-state index is 11.3. The molecule has 0 radical (unpaired) electrons.